The third-order valence-corrected chi connectivity index (χ3v) is 5.94. The highest BCUT2D eigenvalue weighted by atomic mass is 32.2. The summed E-state index contributed by atoms with van der Waals surface area (Å²) in [5.74, 6) is -2.63. The standard InChI is InChI=1S/C22H30N2OS.C2H2O4/c1-20-7-9-22(10-8-20)26-18-17-25-16-15-23-11-13-24(14-12-23)19-21-5-3-2-4-6-21;3-1(4)2(5)6/h2-10H,11-19H2,1H3;(H,3,4)(H,5,6). The molecule has 0 unspecified atom stereocenters. The molecule has 0 aliphatic carbocycles. The van der Waals surface area contributed by atoms with Gasteiger partial charge in [0.25, 0.3) is 0 Å². The quantitative estimate of drug-likeness (QED) is 0.335. The van der Waals surface area contributed by atoms with E-state index in [4.69, 9.17) is 24.5 Å². The number of carbonyl (C=O) groups is 2. The largest absolute Gasteiger partial charge is 0.473 e. The molecule has 0 bridgehead atoms. The number of carboxylic acid groups (broad SMARTS) is 2. The summed E-state index contributed by atoms with van der Waals surface area (Å²) in [4.78, 5) is 24.6. The van der Waals surface area contributed by atoms with Gasteiger partial charge in [0.1, 0.15) is 0 Å². The van der Waals surface area contributed by atoms with E-state index in [1.165, 1.54) is 16.0 Å². The number of hydrogen-bond acceptors (Lipinski definition) is 6. The van der Waals surface area contributed by atoms with Crippen molar-refractivity contribution in [2.75, 3.05) is 51.7 Å². The third kappa shape index (κ3) is 10.8. The van der Waals surface area contributed by atoms with Gasteiger partial charge in [-0.15, -0.1) is 11.8 Å². The van der Waals surface area contributed by atoms with Crippen LogP contribution in [-0.4, -0.2) is 83.6 Å². The number of aliphatic carboxylic acids is 2. The lowest BCUT2D eigenvalue weighted by Gasteiger charge is -2.34. The van der Waals surface area contributed by atoms with Gasteiger partial charge >= 0.3 is 11.9 Å². The molecular weight excluding hydrogens is 428 g/mol. The Morgan fingerprint density at radius 2 is 1.47 bits per heavy atom. The number of nitrogens with zero attached hydrogens (tertiary/aromatic N) is 2. The molecule has 0 atom stereocenters. The minimum atomic E-state index is -1.82. The molecule has 7 nitrogen and oxygen atoms in total. The number of ether oxygens (including phenoxy) is 1. The summed E-state index contributed by atoms with van der Waals surface area (Å²) in [6.45, 7) is 10.5. The second kappa shape index (κ2) is 14.6. The monoisotopic (exact) mass is 460 g/mol. The van der Waals surface area contributed by atoms with Gasteiger partial charge in [-0.05, 0) is 24.6 Å². The maximum absolute atomic E-state index is 9.10. The molecule has 0 radical (unpaired) electrons. The molecule has 3 rings (SSSR count). The average molecular weight is 461 g/mol. The van der Waals surface area contributed by atoms with Crippen LogP contribution < -0.4 is 0 Å². The SMILES string of the molecule is Cc1ccc(SCCOCCN2CCN(Cc3ccccc3)CC2)cc1.O=C(O)C(=O)O. The molecule has 2 aromatic carbocycles. The molecule has 0 aromatic heterocycles. The summed E-state index contributed by atoms with van der Waals surface area (Å²) in [7, 11) is 0. The predicted molar refractivity (Wildman–Crippen MR) is 126 cm³/mol. The highest BCUT2D eigenvalue weighted by molar-refractivity contribution is 7.99. The predicted octanol–water partition coefficient (Wildman–Crippen LogP) is 3.08. The molecule has 32 heavy (non-hydrogen) atoms. The molecule has 174 valence electrons. The van der Waals surface area contributed by atoms with E-state index in [-0.39, 0.29) is 0 Å². The van der Waals surface area contributed by atoms with E-state index >= 15 is 0 Å². The molecule has 1 fully saturated rings. The highest BCUT2D eigenvalue weighted by Gasteiger charge is 2.16. The molecular formula is C24H32N2O5S. The van der Waals surface area contributed by atoms with Gasteiger partial charge in [-0.3, -0.25) is 9.80 Å². The maximum Gasteiger partial charge on any atom is 0.414 e. The lowest BCUT2D eigenvalue weighted by Crippen LogP contribution is -2.46. The molecule has 1 aliphatic heterocycles. The molecule has 2 aromatic rings. The van der Waals surface area contributed by atoms with Gasteiger partial charge in [-0.2, -0.15) is 0 Å². The first-order chi connectivity index (χ1) is 15.4. The summed E-state index contributed by atoms with van der Waals surface area (Å²) >= 11 is 1.87. The zero-order valence-electron chi connectivity index (χ0n) is 18.5. The fourth-order valence-electron chi connectivity index (χ4n) is 3.16. The van der Waals surface area contributed by atoms with Gasteiger partial charge < -0.3 is 14.9 Å². The van der Waals surface area contributed by atoms with E-state index in [0.29, 0.717) is 0 Å². The van der Waals surface area contributed by atoms with Crippen molar-refractivity contribution in [2.45, 2.75) is 18.4 Å². The van der Waals surface area contributed by atoms with E-state index in [1.54, 1.807) is 0 Å². The smallest absolute Gasteiger partial charge is 0.414 e. The van der Waals surface area contributed by atoms with E-state index in [2.05, 4.69) is 71.3 Å². The van der Waals surface area contributed by atoms with Crippen molar-refractivity contribution in [3.63, 3.8) is 0 Å². The van der Waals surface area contributed by atoms with Gasteiger partial charge in [0.2, 0.25) is 0 Å². The topological polar surface area (TPSA) is 90.3 Å². The van der Waals surface area contributed by atoms with Crippen LogP contribution in [0.3, 0.4) is 0 Å². The first-order valence-electron chi connectivity index (χ1n) is 10.7. The van der Waals surface area contributed by atoms with Crippen molar-refractivity contribution >= 4 is 23.7 Å². The summed E-state index contributed by atoms with van der Waals surface area (Å²) in [6.07, 6.45) is 0. The van der Waals surface area contributed by atoms with E-state index in [1.807, 2.05) is 11.8 Å². The van der Waals surface area contributed by atoms with Crippen LogP contribution >= 0.6 is 11.8 Å². The van der Waals surface area contributed by atoms with Crippen LogP contribution in [0.5, 0.6) is 0 Å². The van der Waals surface area contributed by atoms with E-state index in [0.717, 1.165) is 58.2 Å². The second-order valence-corrected chi connectivity index (χ2v) is 8.66. The minimum Gasteiger partial charge on any atom is -0.473 e. The third-order valence-electron chi connectivity index (χ3n) is 4.97. The summed E-state index contributed by atoms with van der Waals surface area (Å²) in [5.41, 5.74) is 2.73. The van der Waals surface area contributed by atoms with Gasteiger partial charge in [-0.1, -0.05) is 48.0 Å². The maximum atomic E-state index is 9.10. The fourth-order valence-corrected chi connectivity index (χ4v) is 3.93. The van der Waals surface area contributed by atoms with Gasteiger partial charge in [-0.25, -0.2) is 9.59 Å². The van der Waals surface area contributed by atoms with Crippen LogP contribution in [0.15, 0.2) is 59.5 Å². The highest BCUT2D eigenvalue weighted by Crippen LogP contribution is 2.17. The molecule has 2 N–H and O–H groups in total. The van der Waals surface area contributed by atoms with E-state index < -0.39 is 11.9 Å². The van der Waals surface area contributed by atoms with Crippen molar-refractivity contribution in [3.05, 3.63) is 65.7 Å². The number of carboxylic acids is 2. The molecule has 8 heteroatoms. The van der Waals surface area contributed by atoms with Crippen molar-refractivity contribution < 1.29 is 24.5 Å². The number of benzene rings is 2. The lowest BCUT2D eigenvalue weighted by molar-refractivity contribution is -0.159. The minimum absolute atomic E-state index is 0.826. The van der Waals surface area contributed by atoms with Gasteiger partial charge in [0.15, 0.2) is 0 Å². The van der Waals surface area contributed by atoms with Crippen LogP contribution in [0, 0.1) is 6.92 Å². The Balaban J connectivity index is 0.000000534. The Labute approximate surface area is 194 Å². The first kappa shape index (κ1) is 25.9. The zero-order valence-corrected chi connectivity index (χ0v) is 19.3. The molecule has 0 spiro atoms. The first-order valence-corrected chi connectivity index (χ1v) is 11.6. The van der Waals surface area contributed by atoms with Crippen LogP contribution in [0.1, 0.15) is 11.1 Å². The Morgan fingerprint density at radius 3 is 2.06 bits per heavy atom. The molecule has 0 saturated carbocycles. The van der Waals surface area contributed by atoms with Crippen LogP contribution in [0.4, 0.5) is 0 Å². The molecule has 1 aliphatic rings. The fraction of sp³-hybridized carbons (Fsp3) is 0.417. The van der Waals surface area contributed by atoms with Crippen molar-refractivity contribution in [1.29, 1.82) is 0 Å². The Morgan fingerprint density at radius 1 is 0.875 bits per heavy atom. The van der Waals surface area contributed by atoms with Gasteiger partial charge in [0, 0.05) is 49.9 Å². The Hall–Kier alpha value is -2.39. The van der Waals surface area contributed by atoms with Gasteiger partial charge in [0.05, 0.1) is 13.2 Å². The normalized spacial score (nSPS) is 14.4. The lowest BCUT2D eigenvalue weighted by atomic mass is 10.2. The number of aryl methyl sites for hydroxylation is 1. The second-order valence-electron chi connectivity index (χ2n) is 7.49. The number of thioether (sulfide) groups is 1. The summed E-state index contributed by atoms with van der Waals surface area (Å²) < 4.78 is 5.83. The number of hydrogen-bond donors (Lipinski definition) is 2. The average Bonchev–Trinajstić information content (AvgIpc) is 2.79. The zero-order chi connectivity index (χ0) is 23.2. The number of rotatable bonds is 9. The van der Waals surface area contributed by atoms with Crippen LogP contribution in [-0.2, 0) is 20.9 Å². The van der Waals surface area contributed by atoms with Crippen molar-refractivity contribution in [1.82, 2.24) is 9.80 Å². The van der Waals surface area contributed by atoms with Crippen LogP contribution in [0.2, 0.25) is 0 Å². The molecule has 1 heterocycles. The van der Waals surface area contributed by atoms with Crippen LogP contribution in [0.25, 0.3) is 0 Å². The Kier molecular flexibility index (Phi) is 11.8. The number of piperazine rings is 1. The molecule has 1 saturated heterocycles. The Bertz CT molecular complexity index is 797. The van der Waals surface area contributed by atoms with Crippen molar-refractivity contribution in [3.8, 4) is 0 Å². The van der Waals surface area contributed by atoms with Crippen molar-refractivity contribution in [2.24, 2.45) is 0 Å². The van der Waals surface area contributed by atoms with E-state index in [9.17, 15) is 0 Å². The summed E-state index contributed by atoms with van der Waals surface area (Å²) in [5, 5.41) is 14.8. The molecule has 0 amide bonds. The summed E-state index contributed by atoms with van der Waals surface area (Å²) in [6, 6.07) is 19.5.